The van der Waals surface area contributed by atoms with Crippen LogP contribution in [-0.4, -0.2) is 47.7 Å². The highest BCUT2D eigenvalue weighted by Crippen LogP contribution is 2.27. The molecule has 9 heteroatoms. The molecule has 0 spiro atoms. The van der Waals surface area contributed by atoms with Crippen molar-refractivity contribution in [2.45, 2.75) is 31.2 Å². The minimum Gasteiger partial charge on any atom is -0.408 e. The lowest BCUT2D eigenvalue weighted by Crippen LogP contribution is -2.46. The topological polar surface area (TPSA) is 92.8 Å². The Morgan fingerprint density at radius 3 is 2.66 bits per heavy atom. The Hall–Kier alpha value is -2.91. The molecule has 170 valence electrons. The number of amides is 1. The molecule has 1 saturated heterocycles. The highest BCUT2D eigenvalue weighted by molar-refractivity contribution is 7.89. The number of rotatable bonds is 6. The number of carbonyl (C=O) groups is 1. The summed E-state index contributed by atoms with van der Waals surface area (Å²) in [5, 5.41) is 0. The van der Waals surface area contributed by atoms with E-state index in [-0.39, 0.29) is 28.8 Å². The third kappa shape index (κ3) is 4.22. The van der Waals surface area contributed by atoms with Gasteiger partial charge in [0.25, 0.3) is 0 Å². The molecule has 2 aromatic carbocycles. The van der Waals surface area contributed by atoms with Crippen LogP contribution in [0, 0.1) is 5.92 Å². The number of hydrogen-bond acceptors (Lipinski definition) is 5. The molecule has 32 heavy (non-hydrogen) atoms. The molecule has 1 amide bonds. The Bertz CT molecular complexity index is 1280. The molecule has 1 aliphatic rings. The van der Waals surface area contributed by atoms with Crippen molar-refractivity contribution in [1.82, 2.24) is 13.8 Å². The fraction of sp³-hybridized carbons (Fsp3) is 0.391. The van der Waals surface area contributed by atoms with Gasteiger partial charge in [-0.05, 0) is 37.5 Å². The molecule has 8 nitrogen and oxygen atoms in total. The largest absolute Gasteiger partial charge is 0.419 e. The van der Waals surface area contributed by atoms with E-state index in [0.29, 0.717) is 38.0 Å². The summed E-state index contributed by atoms with van der Waals surface area (Å²) in [5.41, 5.74) is 1.80. The van der Waals surface area contributed by atoms with Crippen LogP contribution in [0.3, 0.4) is 0 Å². The lowest BCUT2D eigenvalue weighted by atomic mass is 9.98. The summed E-state index contributed by atoms with van der Waals surface area (Å²) in [4.78, 5) is 26.8. The Balaban J connectivity index is 1.53. The van der Waals surface area contributed by atoms with Crippen LogP contribution >= 0.6 is 0 Å². The van der Waals surface area contributed by atoms with Gasteiger partial charge in [-0.25, -0.2) is 13.2 Å². The number of oxazole rings is 1. The van der Waals surface area contributed by atoms with Crippen molar-refractivity contribution < 1.29 is 17.6 Å². The third-order valence-corrected chi connectivity index (χ3v) is 7.91. The lowest BCUT2D eigenvalue weighted by molar-refractivity contribution is -0.137. The van der Waals surface area contributed by atoms with Crippen molar-refractivity contribution in [2.24, 2.45) is 13.0 Å². The summed E-state index contributed by atoms with van der Waals surface area (Å²) < 4.78 is 34.4. The predicted molar refractivity (Wildman–Crippen MR) is 120 cm³/mol. The number of hydrogen-bond donors (Lipinski definition) is 0. The van der Waals surface area contributed by atoms with E-state index in [1.165, 1.54) is 21.0 Å². The number of benzene rings is 2. The molecule has 1 fully saturated rings. The molecule has 0 unspecified atom stereocenters. The molecule has 1 aliphatic heterocycles. The van der Waals surface area contributed by atoms with Gasteiger partial charge in [0.15, 0.2) is 5.58 Å². The second-order valence-corrected chi connectivity index (χ2v) is 10.0. The van der Waals surface area contributed by atoms with E-state index in [4.69, 9.17) is 4.42 Å². The first-order chi connectivity index (χ1) is 15.3. The van der Waals surface area contributed by atoms with Crippen LogP contribution in [0.15, 0.2) is 62.6 Å². The molecule has 0 radical (unpaired) electrons. The molecule has 1 aromatic heterocycles. The fourth-order valence-corrected chi connectivity index (χ4v) is 5.73. The van der Waals surface area contributed by atoms with Crippen LogP contribution < -0.4 is 5.76 Å². The second-order valence-electron chi connectivity index (χ2n) is 8.10. The number of carbonyl (C=O) groups excluding carboxylic acids is 1. The smallest absolute Gasteiger partial charge is 0.408 e. The first-order valence-electron chi connectivity index (χ1n) is 10.7. The number of aryl methyl sites for hydroxylation is 1. The average Bonchev–Trinajstić information content (AvgIpc) is 3.10. The summed E-state index contributed by atoms with van der Waals surface area (Å²) in [6.07, 6.45) is 1.27. The quantitative estimate of drug-likeness (QED) is 0.567. The Kier molecular flexibility index (Phi) is 6.21. The molecular formula is C23H27N3O5S. The Morgan fingerprint density at radius 2 is 1.94 bits per heavy atom. The lowest BCUT2D eigenvalue weighted by Gasteiger charge is -2.34. The molecule has 0 bridgehead atoms. The van der Waals surface area contributed by atoms with Crippen molar-refractivity contribution in [3.8, 4) is 0 Å². The van der Waals surface area contributed by atoms with Crippen molar-refractivity contribution in [1.29, 1.82) is 0 Å². The maximum absolute atomic E-state index is 13.3. The SMILES string of the molecule is CCN(Cc1ccccc1)C(=O)[C@H]1CCCN(S(=O)(=O)c2ccc3c(c2)oc(=O)n3C)C1. The Labute approximate surface area is 187 Å². The van der Waals surface area contributed by atoms with Crippen LogP contribution in [0.1, 0.15) is 25.3 Å². The maximum Gasteiger partial charge on any atom is 0.419 e. The first-order valence-corrected chi connectivity index (χ1v) is 12.2. The number of sulfonamides is 1. The van der Waals surface area contributed by atoms with Crippen molar-refractivity contribution in [2.75, 3.05) is 19.6 Å². The van der Waals surface area contributed by atoms with Gasteiger partial charge >= 0.3 is 5.76 Å². The molecule has 0 saturated carbocycles. The van der Waals surface area contributed by atoms with E-state index in [9.17, 15) is 18.0 Å². The second kappa shape index (κ2) is 8.91. The van der Waals surface area contributed by atoms with Gasteiger partial charge in [0.1, 0.15) is 0 Å². The minimum atomic E-state index is -3.82. The van der Waals surface area contributed by atoms with Crippen molar-refractivity contribution in [3.63, 3.8) is 0 Å². The minimum absolute atomic E-state index is 0.0271. The standard InChI is InChI=1S/C23H27N3O5S/c1-3-25(15-17-8-5-4-6-9-17)22(27)18-10-7-13-26(16-18)32(29,30)19-11-12-20-21(14-19)31-23(28)24(20)2/h4-6,8-9,11-12,14,18H,3,7,10,13,15-16H2,1-2H3/t18-/m0/s1. The van der Waals surface area contributed by atoms with Crippen LogP contribution in [-0.2, 0) is 28.4 Å². The normalized spacial score (nSPS) is 17.5. The van der Waals surface area contributed by atoms with Gasteiger partial charge in [0, 0.05) is 39.3 Å². The fourth-order valence-electron chi connectivity index (χ4n) is 4.19. The van der Waals surface area contributed by atoms with Crippen molar-refractivity contribution >= 4 is 27.0 Å². The van der Waals surface area contributed by atoms with Crippen molar-refractivity contribution in [3.05, 3.63) is 64.6 Å². The summed E-state index contributed by atoms with van der Waals surface area (Å²) >= 11 is 0. The first kappa shape index (κ1) is 22.3. The van der Waals surface area contributed by atoms with E-state index in [1.54, 1.807) is 18.0 Å². The van der Waals surface area contributed by atoms with Gasteiger partial charge in [0.2, 0.25) is 15.9 Å². The molecule has 0 aliphatic carbocycles. The maximum atomic E-state index is 13.3. The van der Waals surface area contributed by atoms with Crippen LogP contribution in [0.25, 0.3) is 11.1 Å². The Morgan fingerprint density at radius 1 is 1.19 bits per heavy atom. The molecular weight excluding hydrogens is 430 g/mol. The molecule has 4 rings (SSSR count). The monoisotopic (exact) mass is 457 g/mol. The number of nitrogens with zero attached hydrogens (tertiary/aromatic N) is 3. The highest BCUT2D eigenvalue weighted by Gasteiger charge is 2.35. The number of fused-ring (bicyclic) bond motifs is 1. The highest BCUT2D eigenvalue weighted by atomic mass is 32.2. The number of piperidine rings is 1. The van der Waals surface area contributed by atoms with Gasteiger partial charge in [-0.1, -0.05) is 30.3 Å². The summed E-state index contributed by atoms with van der Waals surface area (Å²) in [6, 6.07) is 14.2. The van der Waals surface area contributed by atoms with Crippen LogP contribution in [0.5, 0.6) is 0 Å². The van der Waals surface area contributed by atoms with E-state index in [0.717, 1.165) is 5.56 Å². The summed E-state index contributed by atoms with van der Waals surface area (Å²) in [6.45, 7) is 3.49. The molecule has 2 heterocycles. The van der Waals surface area contributed by atoms with Gasteiger partial charge in [-0.2, -0.15) is 4.31 Å². The molecule has 0 N–H and O–H groups in total. The van der Waals surface area contributed by atoms with E-state index >= 15 is 0 Å². The summed E-state index contributed by atoms with van der Waals surface area (Å²) in [7, 11) is -2.26. The summed E-state index contributed by atoms with van der Waals surface area (Å²) in [5.74, 6) is -0.961. The van der Waals surface area contributed by atoms with Crippen LogP contribution in [0.2, 0.25) is 0 Å². The molecule has 3 aromatic rings. The van der Waals surface area contributed by atoms with E-state index in [1.807, 2.05) is 37.3 Å². The van der Waals surface area contributed by atoms with Gasteiger partial charge in [-0.3, -0.25) is 9.36 Å². The third-order valence-electron chi connectivity index (χ3n) is 6.04. The molecule has 1 atom stereocenters. The zero-order valence-corrected chi connectivity index (χ0v) is 19.0. The van der Waals surface area contributed by atoms with Gasteiger partial charge in [0.05, 0.1) is 16.3 Å². The van der Waals surface area contributed by atoms with Gasteiger partial charge < -0.3 is 9.32 Å². The van der Waals surface area contributed by atoms with Crippen LogP contribution in [0.4, 0.5) is 0 Å². The average molecular weight is 458 g/mol. The predicted octanol–water partition coefficient (Wildman–Crippen LogP) is 2.58. The van der Waals surface area contributed by atoms with Gasteiger partial charge in [-0.15, -0.1) is 0 Å². The zero-order valence-electron chi connectivity index (χ0n) is 18.2. The zero-order chi connectivity index (χ0) is 22.9. The van der Waals surface area contributed by atoms with E-state index < -0.39 is 15.8 Å². The van der Waals surface area contributed by atoms with E-state index in [2.05, 4.69) is 0 Å². The number of aromatic nitrogens is 1.